The van der Waals surface area contributed by atoms with E-state index in [0.29, 0.717) is 34.3 Å². The number of carbonyl (C=O) groups excluding carboxylic acids is 2. The van der Waals surface area contributed by atoms with Gasteiger partial charge in [0.25, 0.3) is 5.91 Å². The Morgan fingerprint density at radius 1 is 0.964 bits per heavy atom. The number of hydrogen-bond donors (Lipinski definition) is 2. The van der Waals surface area contributed by atoms with Crippen molar-refractivity contribution in [1.29, 1.82) is 0 Å². The molecular weight excluding hydrogens is 376 g/mol. The SMILES string of the molecule is CC(=O)NCc1ccc(C(=O)Nc2cc(Cl)ccc2Oc2ccccc2)cc1. The molecule has 0 atom stereocenters. The van der Waals surface area contributed by atoms with Gasteiger partial charge < -0.3 is 15.4 Å². The minimum atomic E-state index is -0.286. The van der Waals surface area contributed by atoms with Gasteiger partial charge in [-0.05, 0) is 48.0 Å². The third-order valence-electron chi connectivity index (χ3n) is 3.92. The van der Waals surface area contributed by atoms with Crippen molar-refractivity contribution in [2.45, 2.75) is 13.5 Å². The lowest BCUT2D eigenvalue weighted by atomic mass is 10.1. The van der Waals surface area contributed by atoms with Crippen LogP contribution in [-0.4, -0.2) is 11.8 Å². The summed E-state index contributed by atoms with van der Waals surface area (Å²) in [5.74, 6) is 0.758. The first-order valence-corrected chi connectivity index (χ1v) is 9.06. The summed E-state index contributed by atoms with van der Waals surface area (Å²) in [6.45, 7) is 1.88. The van der Waals surface area contributed by atoms with Gasteiger partial charge in [-0.25, -0.2) is 0 Å². The summed E-state index contributed by atoms with van der Waals surface area (Å²) >= 11 is 6.09. The van der Waals surface area contributed by atoms with Crippen LogP contribution in [-0.2, 0) is 11.3 Å². The number of anilines is 1. The van der Waals surface area contributed by atoms with Crippen LogP contribution in [0.15, 0.2) is 72.8 Å². The Labute approximate surface area is 168 Å². The number of hydrogen-bond acceptors (Lipinski definition) is 3. The second-order valence-electron chi connectivity index (χ2n) is 6.12. The second-order valence-corrected chi connectivity index (χ2v) is 6.55. The highest BCUT2D eigenvalue weighted by atomic mass is 35.5. The first-order chi connectivity index (χ1) is 13.5. The van der Waals surface area contributed by atoms with Crippen LogP contribution in [0.2, 0.25) is 5.02 Å². The predicted octanol–water partition coefficient (Wildman–Crippen LogP) is 5.02. The fraction of sp³-hybridized carbons (Fsp3) is 0.0909. The number of halogens is 1. The van der Waals surface area contributed by atoms with Crippen molar-refractivity contribution in [2.75, 3.05) is 5.32 Å². The molecule has 0 saturated heterocycles. The summed E-state index contributed by atoms with van der Waals surface area (Å²) in [5.41, 5.74) is 1.86. The van der Waals surface area contributed by atoms with Gasteiger partial charge in [0.15, 0.2) is 5.75 Å². The average Bonchev–Trinajstić information content (AvgIpc) is 2.69. The zero-order valence-corrected chi connectivity index (χ0v) is 16.0. The lowest BCUT2D eigenvalue weighted by Gasteiger charge is -2.13. The van der Waals surface area contributed by atoms with E-state index in [2.05, 4.69) is 10.6 Å². The maximum absolute atomic E-state index is 12.6. The molecule has 0 heterocycles. The molecule has 0 aliphatic carbocycles. The van der Waals surface area contributed by atoms with E-state index in [1.54, 1.807) is 42.5 Å². The van der Waals surface area contributed by atoms with Gasteiger partial charge >= 0.3 is 0 Å². The van der Waals surface area contributed by atoms with Crippen LogP contribution in [0.1, 0.15) is 22.8 Å². The Balaban J connectivity index is 1.74. The van der Waals surface area contributed by atoms with Crippen LogP contribution >= 0.6 is 11.6 Å². The van der Waals surface area contributed by atoms with Crippen LogP contribution in [0.4, 0.5) is 5.69 Å². The van der Waals surface area contributed by atoms with Crippen LogP contribution in [0.25, 0.3) is 0 Å². The van der Waals surface area contributed by atoms with Crippen molar-refractivity contribution < 1.29 is 14.3 Å². The van der Waals surface area contributed by atoms with Crippen molar-refractivity contribution in [2.24, 2.45) is 0 Å². The molecule has 28 heavy (non-hydrogen) atoms. The van der Waals surface area contributed by atoms with Crippen LogP contribution in [0, 0.1) is 0 Å². The molecule has 0 aliphatic heterocycles. The quantitative estimate of drug-likeness (QED) is 0.616. The van der Waals surface area contributed by atoms with Crippen LogP contribution in [0.5, 0.6) is 11.5 Å². The van der Waals surface area contributed by atoms with E-state index in [1.807, 2.05) is 30.3 Å². The first-order valence-electron chi connectivity index (χ1n) is 8.68. The van der Waals surface area contributed by atoms with Gasteiger partial charge in [-0.3, -0.25) is 9.59 Å². The molecule has 3 rings (SSSR count). The van der Waals surface area contributed by atoms with Gasteiger partial charge in [0.2, 0.25) is 5.91 Å². The molecule has 3 aromatic rings. The summed E-state index contributed by atoms with van der Waals surface area (Å²) in [6, 6.07) is 21.3. The van der Waals surface area contributed by atoms with E-state index < -0.39 is 0 Å². The average molecular weight is 395 g/mol. The van der Waals surface area contributed by atoms with E-state index in [0.717, 1.165) is 5.56 Å². The Hall–Kier alpha value is -3.31. The van der Waals surface area contributed by atoms with E-state index >= 15 is 0 Å². The number of para-hydroxylation sites is 1. The van der Waals surface area contributed by atoms with E-state index in [9.17, 15) is 9.59 Å². The Kier molecular flexibility index (Phi) is 6.29. The van der Waals surface area contributed by atoms with E-state index in [4.69, 9.17) is 16.3 Å². The summed E-state index contributed by atoms with van der Waals surface area (Å²) in [4.78, 5) is 23.6. The van der Waals surface area contributed by atoms with Crippen molar-refractivity contribution in [3.63, 3.8) is 0 Å². The van der Waals surface area contributed by atoms with Crippen molar-refractivity contribution >= 4 is 29.1 Å². The molecule has 0 radical (unpaired) electrons. The highest BCUT2D eigenvalue weighted by Gasteiger charge is 2.12. The first kappa shape index (κ1) is 19.5. The van der Waals surface area contributed by atoms with Crippen molar-refractivity contribution in [3.05, 3.63) is 88.9 Å². The molecule has 6 heteroatoms. The lowest BCUT2D eigenvalue weighted by molar-refractivity contribution is -0.119. The van der Waals surface area contributed by atoms with E-state index in [-0.39, 0.29) is 11.8 Å². The summed E-state index contributed by atoms with van der Waals surface area (Å²) in [6.07, 6.45) is 0. The number of amides is 2. The number of benzene rings is 3. The zero-order valence-electron chi connectivity index (χ0n) is 15.2. The van der Waals surface area contributed by atoms with Crippen LogP contribution in [0.3, 0.4) is 0 Å². The molecule has 0 aromatic heterocycles. The molecule has 0 unspecified atom stereocenters. The fourth-order valence-corrected chi connectivity index (χ4v) is 2.67. The third kappa shape index (κ3) is 5.34. The minimum Gasteiger partial charge on any atom is -0.455 e. The topological polar surface area (TPSA) is 67.4 Å². The lowest BCUT2D eigenvalue weighted by Crippen LogP contribution is -2.19. The third-order valence-corrected chi connectivity index (χ3v) is 4.15. The molecule has 0 bridgehead atoms. The highest BCUT2D eigenvalue weighted by molar-refractivity contribution is 6.31. The van der Waals surface area contributed by atoms with Gasteiger partial charge in [-0.2, -0.15) is 0 Å². The van der Waals surface area contributed by atoms with Crippen molar-refractivity contribution in [3.8, 4) is 11.5 Å². The van der Waals surface area contributed by atoms with Gasteiger partial charge in [0.05, 0.1) is 5.69 Å². The van der Waals surface area contributed by atoms with Gasteiger partial charge in [-0.15, -0.1) is 0 Å². The zero-order chi connectivity index (χ0) is 19.9. The molecule has 2 amide bonds. The number of carbonyl (C=O) groups is 2. The Morgan fingerprint density at radius 2 is 1.68 bits per heavy atom. The van der Waals surface area contributed by atoms with Gasteiger partial charge in [0.1, 0.15) is 5.75 Å². The second kappa shape index (κ2) is 9.06. The van der Waals surface area contributed by atoms with E-state index in [1.165, 1.54) is 6.92 Å². The predicted molar refractivity (Wildman–Crippen MR) is 110 cm³/mol. The maximum Gasteiger partial charge on any atom is 0.255 e. The summed E-state index contributed by atoms with van der Waals surface area (Å²) in [7, 11) is 0. The standard InChI is InChI=1S/C22H19ClN2O3/c1-15(26)24-14-16-7-9-17(10-8-16)22(27)25-20-13-18(23)11-12-21(20)28-19-5-3-2-4-6-19/h2-13H,14H2,1H3,(H,24,26)(H,25,27). The monoisotopic (exact) mass is 394 g/mol. The number of nitrogens with one attached hydrogen (secondary N) is 2. The molecule has 3 aromatic carbocycles. The van der Waals surface area contributed by atoms with Crippen LogP contribution < -0.4 is 15.4 Å². The largest absolute Gasteiger partial charge is 0.455 e. The van der Waals surface area contributed by atoms with Crippen molar-refractivity contribution in [1.82, 2.24) is 5.32 Å². The van der Waals surface area contributed by atoms with Gasteiger partial charge in [0, 0.05) is 24.1 Å². The maximum atomic E-state index is 12.6. The highest BCUT2D eigenvalue weighted by Crippen LogP contribution is 2.32. The molecule has 0 saturated carbocycles. The normalized spacial score (nSPS) is 10.2. The van der Waals surface area contributed by atoms with Gasteiger partial charge in [-0.1, -0.05) is 41.9 Å². The number of rotatable bonds is 6. The molecular formula is C22H19ClN2O3. The summed E-state index contributed by atoms with van der Waals surface area (Å²) < 4.78 is 5.86. The Bertz CT molecular complexity index is 973. The molecule has 0 aliphatic rings. The smallest absolute Gasteiger partial charge is 0.255 e. The summed E-state index contributed by atoms with van der Waals surface area (Å²) in [5, 5.41) is 6.04. The molecule has 0 fully saturated rings. The Morgan fingerprint density at radius 3 is 2.36 bits per heavy atom. The fourth-order valence-electron chi connectivity index (χ4n) is 2.50. The molecule has 142 valence electrons. The number of ether oxygens (including phenoxy) is 1. The minimum absolute atomic E-state index is 0.103. The molecule has 5 nitrogen and oxygen atoms in total. The molecule has 2 N–H and O–H groups in total. The molecule has 0 spiro atoms.